The molecule has 0 radical (unpaired) electrons. The molecule has 4 heterocycles. The third-order valence-electron chi connectivity index (χ3n) is 6.56. The van der Waals surface area contributed by atoms with E-state index in [4.69, 9.17) is 4.98 Å². The van der Waals surface area contributed by atoms with Gasteiger partial charge in [-0.1, -0.05) is 6.92 Å². The van der Waals surface area contributed by atoms with Gasteiger partial charge in [-0.3, -0.25) is 14.7 Å². The van der Waals surface area contributed by atoms with Gasteiger partial charge in [0.2, 0.25) is 5.91 Å². The Kier molecular flexibility index (Phi) is 5.76. The summed E-state index contributed by atoms with van der Waals surface area (Å²) in [5, 5.41) is 3.22. The third kappa shape index (κ3) is 3.97. The van der Waals surface area contributed by atoms with E-state index in [1.807, 2.05) is 17.9 Å². The molecule has 2 saturated heterocycles. The Morgan fingerprint density at radius 3 is 2.66 bits per heavy atom. The lowest BCUT2D eigenvalue weighted by molar-refractivity contribution is -0.132. The van der Waals surface area contributed by atoms with E-state index in [9.17, 15) is 9.59 Å². The number of nitrogens with zero attached hydrogens (tertiary/aromatic N) is 4. The SMILES string of the molecule is CCCC(=O)N1CCC[C@H]1c1cc2nc(C3CCN(C(C)C)CC3)cc(=O)n2[nH]1. The van der Waals surface area contributed by atoms with E-state index in [0.717, 1.165) is 63.1 Å². The maximum absolute atomic E-state index is 12.8. The summed E-state index contributed by atoms with van der Waals surface area (Å²) in [6, 6.07) is 4.25. The number of amides is 1. The summed E-state index contributed by atoms with van der Waals surface area (Å²) < 4.78 is 1.53. The highest BCUT2D eigenvalue weighted by atomic mass is 16.2. The average Bonchev–Trinajstić information content (AvgIpc) is 3.35. The monoisotopic (exact) mass is 399 g/mol. The number of fused-ring (bicyclic) bond motifs is 1. The van der Waals surface area contributed by atoms with E-state index >= 15 is 0 Å². The molecule has 0 spiro atoms. The first kappa shape index (κ1) is 20.1. The molecule has 29 heavy (non-hydrogen) atoms. The fourth-order valence-corrected chi connectivity index (χ4v) is 4.87. The van der Waals surface area contributed by atoms with Gasteiger partial charge in [0.15, 0.2) is 5.65 Å². The van der Waals surface area contributed by atoms with Crippen LogP contribution in [0.3, 0.4) is 0 Å². The van der Waals surface area contributed by atoms with Gasteiger partial charge in [-0.25, -0.2) is 9.50 Å². The lowest BCUT2D eigenvalue weighted by atomic mass is 9.92. The Labute approximate surface area is 172 Å². The van der Waals surface area contributed by atoms with Gasteiger partial charge in [0, 0.05) is 37.1 Å². The summed E-state index contributed by atoms with van der Waals surface area (Å²) in [7, 11) is 0. The third-order valence-corrected chi connectivity index (χ3v) is 6.56. The lowest BCUT2D eigenvalue weighted by Gasteiger charge is -2.34. The molecular weight excluding hydrogens is 366 g/mol. The molecule has 0 bridgehead atoms. The van der Waals surface area contributed by atoms with Crippen molar-refractivity contribution < 1.29 is 4.79 Å². The predicted molar refractivity (Wildman–Crippen MR) is 113 cm³/mol. The number of nitrogens with one attached hydrogen (secondary N) is 1. The van der Waals surface area contributed by atoms with Gasteiger partial charge >= 0.3 is 0 Å². The Morgan fingerprint density at radius 2 is 1.97 bits per heavy atom. The number of piperidine rings is 1. The highest BCUT2D eigenvalue weighted by Gasteiger charge is 2.31. The Morgan fingerprint density at radius 1 is 1.21 bits per heavy atom. The van der Waals surface area contributed by atoms with Crippen LogP contribution in [0.15, 0.2) is 16.9 Å². The summed E-state index contributed by atoms with van der Waals surface area (Å²) >= 11 is 0. The van der Waals surface area contributed by atoms with Crippen molar-refractivity contribution in [1.82, 2.24) is 24.4 Å². The normalized spacial score (nSPS) is 21.5. The fourth-order valence-electron chi connectivity index (χ4n) is 4.87. The molecule has 7 nitrogen and oxygen atoms in total. The van der Waals surface area contributed by atoms with Crippen molar-refractivity contribution in [1.29, 1.82) is 0 Å². The van der Waals surface area contributed by atoms with E-state index in [1.54, 1.807) is 6.07 Å². The second kappa shape index (κ2) is 8.30. The highest BCUT2D eigenvalue weighted by molar-refractivity contribution is 5.77. The van der Waals surface area contributed by atoms with Gasteiger partial charge in [0.1, 0.15) is 0 Å². The number of aromatic nitrogens is 3. The van der Waals surface area contributed by atoms with Crippen LogP contribution in [0, 0.1) is 0 Å². The minimum absolute atomic E-state index is 0.0212. The number of likely N-dealkylation sites (tertiary alicyclic amines) is 2. The summed E-state index contributed by atoms with van der Waals surface area (Å²) in [5.41, 5.74) is 2.44. The van der Waals surface area contributed by atoms with E-state index in [2.05, 4.69) is 23.8 Å². The van der Waals surface area contributed by atoms with Crippen molar-refractivity contribution in [2.45, 2.75) is 77.3 Å². The van der Waals surface area contributed by atoms with Crippen molar-refractivity contribution in [3.05, 3.63) is 33.9 Å². The van der Waals surface area contributed by atoms with Crippen LogP contribution in [0.25, 0.3) is 5.65 Å². The smallest absolute Gasteiger partial charge is 0.272 e. The molecule has 0 aromatic carbocycles. The van der Waals surface area contributed by atoms with Crippen LogP contribution in [-0.4, -0.2) is 56.0 Å². The van der Waals surface area contributed by atoms with Crippen molar-refractivity contribution >= 4 is 11.6 Å². The average molecular weight is 400 g/mol. The van der Waals surface area contributed by atoms with Gasteiger partial charge in [0.05, 0.1) is 17.4 Å². The molecule has 4 rings (SSSR count). The first-order valence-electron chi connectivity index (χ1n) is 11.1. The van der Waals surface area contributed by atoms with Crippen LogP contribution in [0.4, 0.5) is 0 Å². The Hall–Kier alpha value is -2.15. The summed E-state index contributed by atoms with van der Waals surface area (Å²) in [5.74, 6) is 0.543. The summed E-state index contributed by atoms with van der Waals surface area (Å²) in [6.45, 7) is 9.39. The molecule has 1 amide bonds. The number of hydrogen-bond donors (Lipinski definition) is 1. The van der Waals surface area contributed by atoms with Crippen molar-refractivity contribution in [3.8, 4) is 0 Å². The van der Waals surface area contributed by atoms with E-state index in [-0.39, 0.29) is 17.5 Å². The first-order chi connectivity index (χ1) is 14.0. The number of rotatable bonds is 5. The van der Waals surface area contributed by atoms with Gasteiger partial charge in [-0.15, -0.1) is 0 Å². The van der Waals surface area contributed by atoms with E-state index in [1.165, 1.54) is 4.52 Å². The highest BCUT2D eigenvalue weighted by Crippen LogP contribution is 2.32. The van der Waals surface area contributed by atoms with Crippen LogP contribution in [0.5, 0.6) is 0 Å². The molecule has 2 aromatic heterocycles. The molecule has 0 saturated carbocycles. The quantitative estimate of drug-likeness (QED) is 0.839. The van der Waals surface area contributed by atoms with Crippen molar-refractivity contribution in [2.75, 3.05) is 19.6 Å². The van der Waals surface area contributed by atoms with Crippen LogP contribution in [0.1, 0.15) is 82.6 Å². The fraction of sp³-hybridized carbons (Fsp3) is 0.682. The van der Waals surface area contributed by atoms with Crippen LogP contribution in [-0.2, 0) is 4.79 Å². The molecule has 2 aliphatic heterocycles. The Bertz CT molecular complexity index is 923. The molecule has 2 fully saturated rings. The second-order valence-corrected chi connectivity index (χ2v) is 8.82. The molecule has 0 aliphatic carbocycles. The van der Waals surface area contributed by atoms with Crippen molar-refractivity contribution in [2.24, 2.45) is 0 Å². The zero-order chi connectivity index (χ0) is 20.5. The van der Waals surface area contributed by atoms with Crippen molar-refractivity contribution in [3.63, 3.8) is 0 Å². The number of carbonyl (C=O) groups excluding carboxylic acids is 1. The Balaban J connectivity index is 1.58. The molecule has 158 valence electrons. The molecule has 0 unspecified atom stereocenters. The van der Waals surface area contributed by atoms with Gasteiger partial charge in [-0.2, -0.15) is 0 Å². The van der Waals surface area contributed by atoms with Gasteiger partial charge in [0.25, 0.3) is 5.56 Å². The predicted octanol–water partition coefficient (Wildman–Crippen LogP) is 3.07. The first-order valence-corrected chi connectivity index (χ1v) is 11.1. The van der Waals surface area contributed by atoms with E-state index < -0.39 is 0 Å². The van der Waals surface area contributed by atoms with Gasteiger partial charge < -0.3 is 9.80 Å². The molecule has 1 atom stereocenters. The summed E-state index contributed by atoms with van der Waals surface area (Å²) in [6.07, 6.45) is 5.44. The molecule has 2 aliphatic rings. The zero-order valence-electron chi connectivity index (χ0n) is 17.9. The lowest BCUT2D eigenvalue weighted by Crippen LogP contribution is -2.38. The molecule has 1 N–H and O–H groups in total. The molecule has 2 aromatic rings. The minimum atomic E-state index is -0.0630. The summed E-state index contributed by atoms with van der Waals surface area (Å²) in [4.78, 5) is 34.5. The minimum Gasteiger partial charge on any atom is -0.334 e. The second-order valence-electron chi connectivity index (χ2n) is 8.82. The van der Waals surface area contributed by atoms with E-state index in [0.29, 0.717) is 24.0 Å². The maximum atomic E-state index is 12.8. The number of hydrogen-bond acceptors (Lipinski definition) is 4. The maximum Gasteiger partial charge on any atom is 0.272 e. The number of aromatic amines is 1. The number of H-pyrrole nitrogens is 1. The van der Waals surface area contributed by atoms with Gasteiger partial charge in [-0.05, 0) is 59.0 Å². The zero-order valence-corrected chi connectivity index (χ0v) is 17.9. The van der Waals surface area contributed by atoms with Crippen LogP contribution < -0.4 is 5.56 Å². The number of carbonyl (C=O) groups is 1. The van der Waals surface area contributed by atoms with Crippen LogP contribution in [0.2, 0.25) is 0 Å². The molecule has 7 heteroatoms. The largest absolute Gasteiger partial charge is 0.334 e. The van der Waals surface area contributed by atoms with Crippen LogP contribution >= 0.6 is 0 Å². The molecular formula is C22H33N5O2. The standard InChI is InChI=1S/C22H33N5O2/c1-4-6-21(28)26-10-5-7-19(26)18-13-20-23-17(14-22(29)27(20)24-18)16-8-11-25(12-9-16)15(2)3/h13-16,19,24H,4-12H2,1-3H3/t19-/m0/s1. The topological polar surface area (TPSA) is 73.7 Å².